The molecule has 0 aliphatic carbocycles. The summed E-state index contributed by atoms with van der Waals surface area (Å²) in [7, 11) is 0. The van der Waals surface area contributed by atoms with Crippen LogP contribution in [-0.4, -0.2) is 40.9 Å². The highest BCUT2D eigenvalue weighted by molar-refractivity contribution is 5.79. The molecule has 0 aliphatic heterocycles. The van der Waals surface area contributed by atoms with Crippen LogP contribution < -0.4 is 10.6 Å². The molecule has 0 spiro atoms. The molecule has 0 bridgehead atoms. The van der Waals surface area contributed by atoms with Crippen LogP contribution in [0.4, 0.5) is 4.79 Å². The van der Waals surface area contributed by atoms with Gasteiger partial charge in [0.05, 0.1) is 13.1 Å². The summed E-state index contributed by atoms with van der Waals surface area (Å²) in [6.45, 7) is 2.54. The van der Waals surface area contributed by atoms with Crippen molar-refractivity contribution < 1.29 is 19.8 Å². The highest BCUT2D eigenvalue weighted by Gasteiger charge is 2.30. The second-order valence-electron chi connectivity index (χ2n) is 3.04. The monoisotopic (exact) mass is 214 g/mol. The summed E-state index contributed by atoms with van der Waals surface area (Å²) in [5, 5.41) is 22.3. The molecule has 0 aromatic rings. The fourth-order valence-electron chi connectivity index (χ4n) is 0.603. The van der Waals surface area contributed by atoms with Crippen LogP contribution in [0.25, 0.3) is 0 Å². The number of hydrogen-bond donors (Lipinski definition) is 4. The second kappa shape index (κ2) is 5.88. The summed E-state index contributed by atoms with van der Waals surface area (Å²) in [5.41, 5.74) is -1.96. The summed E-state index contributed by atoms with van der Waals surface area (Å²) in [4.78, 5) is 21.4. The first-order valence-corrected chi connectivity index (χ1v) is 4.27. The van der Waals surface area contributed by atoms with Crippen molar-refractivity contribution in [2.75, 3.05) is 13.1 Å². The van der Waals surface area contributed by atoms with Crippen molar-refractivity contribution in [3.8, 4) is 11.8 Å². The van der Waals surface area contributed by atoms with Crippen LogP contribution in [0.5, 0.6) is 0 Å². The van der Waals surface area contributed by atoms with Crippen molar-refractivity contribution in [2.24, 2.45) is 0 Å². The fraction of sp³-hybridized carbons (Fsp3) is 0.556. The minimum Gasteiger partial charge on any atom is -0.479 e. The molecule has 0 saturated carbocycles. The number of aliphatic hydroxyl groups is 1. The van der Waals surface area contributed by atoms with Gasteiger partial charge < -0.3 is 20.8 Å². The molecule has 0 saturated heterocycles. The Morgan fingerprint density at radius 1 is 1.40 bits per heavy atom. The summed E-state index contributed by atoms with van der Waals surface area (Å²) in [6.07, 6.45) is 0. The third-order valence-electron chi connectivity index (χ3n) is 1.57. The van der Waals surface area contributed by atoms with E-state index in [1.165, 1.54) is 0 Å². The van der Waals surface area contributed by atoms with Crippen LogP contribution in [0.1, 0.15) is 13.8 Å². The maximum atomic E-state index is 11.0. The Morgan fingerprint density at radius 2 is 2.00 bits per heavy atom. The van der Waals surface area contributed by atoms with Gasteiger partial charge in [-0.05, 0) is 13.8 Å². The Bertz CT molecular complexity index is 301. The van der Waals surface area contributed by atoms with Gasteiger partial charge in [-0.2, -0.15) is 0 Å². The number of amides is 2. The number of aliphatic carboxylic acids is 1. The molecule has 0 fully saturated rings. The second-order valence-corrected chi connectivity index (χ2v) is 3.04. The van der Waals surface area contributed by atoms with Crippen LogP contribution in [0, 0.1) is 11.8 Å². The average Bonchev–Trinajstić information content (AvgIpc) is 2.15. The number of carboxylic acids is 1. The van der Waals surface area contributed by atoms with Gasteiger partial charge in [0.15, 0.2) is 5.60 Å². The summed E-state index contributed by atoms with van der Waals surface area (Å²) in [5.74, 6) is 3.78. The molecule has 2 amide bonds. The molecule has 15 heavy (non-hydrogen) atoms. The SMILES string of the molecule is CC#CCNC(=O)NCC(C)(O)C(=O)O. The Kier molecular flexibility index (Phi) is 5.20. The fourth-order valence-corrected chi connectivity index (χ4v) is 0.603. The van der Waals surface area contributed by atoms with E-state index in [2.05, 4.69) is 22.5 Å². The lowest BCUT2D eigenvalue weighted by molar-refractivity contribution is -0.155. The molecule has 0 aliphatic rings. The Hall–Kier alpha value is -1.74. The van der Waals surface area contributed by atoms with Gasteiger partial charge in [0, 0.05) is 0 Å². The standard InChI is InChI=1S/C9H14N2O4/c1-3-4-5-10-8(14)11-6-9(2,15)7(12)13/h15H,5-6H2,1-2H3,(H,12,13)(H2,10,11,14). The van der Waals surface area contributed by atoms with Crippen molar-refractivity contribution in [3.63, 3.8) is 0 Å². The number of carbonyl (C=O) groups is 2. The van der Waals surface area contributed by atoms with Crippen LogP contribution >= 0.6 is 0 Å². The van der Waals surface area contributed by atoms with Crippen molar-refractivity contribution in [3.05, 3.63) is 0 Å². The lowest BCUT2D eigenvalue weighted by Gasteiger charge is -2.18. The van der Waals surface area contributed by atoms with Gasteiger partial charge in [0.2, 0.25) is 0 Å². The molecule has 84 valence electrons. The number of carboxylic acid groups (broad SMARTS) is 1. The highest BCUT2D eigenvalue weighted by atomic mass is 16.4. The first-order valence-electron chi connectivity index (χ1n) is 4.27. The zero-order valence-electron chi connectivity index (χ0n) is 8.63. The number of nitrogens with one attached hydrogen (secondary N) is 2. The van der Waals surface area contributed by atoms with E-state index in [-0.39, 0.29) is 13.1 Å². The zero-order valence-corrected chi connectivity index (χ0v) is 8.63. The highest BCUT2D eigenvalue weighted by Crippen LogP contribution is 2.00. The average molecular weight is 214 g/mol. The summed E-state index contributed by atoms with van der Waals surface area (Å²) in [6, 6.07) is -0.570. The van der Waals surface area contributed by atoms with Gasteiger partial charge >= 0.3 is 12.0 Å². The van der Waals surface area contributed by atoms with Crippen LogP contribution in [-0.2, 0) is 4.79 Å². The Morgan fingerprint density at radius 3 is 2.47 bits per heavy atom. The smallest absolute Gasteiger partial charge is 0.337 e. The first kappa shape index (κ1) is 13.3. The number of urea groups is 1. The molecule has 4 N–H and O–H groups in total. The molecule has 0 heterocycles. The van der Waals surface area contributed by atoms with Gasteiger partial charge in [-0.3, -0.25) is 0 Å². The van der Waals surface area contributed by atoms with Gasteiger partial charge in [-0.15, -0.1) is 5.92 Å². The third kappa shape index (κ3) is 5.54. The van der Waals surface area contributed by atoms with Gasteiger partial charge in [0.25, 0.3) is 0 Å². The predicted molar refractivity (Wildman–Crippen MR) is 53.1 cm³/mol. The molecule has 1 unspecified atom stereocenters. The largest absolute Gasteiger partial charge is 0.479 e. The van der Waals surface area contributed by atoms with Crippen molar-refractivity contribution in [1.29, 1.82) is 0 Å². The lowest BCUT2D eigenvalue weighted by atomic mass is 10.1. The van der Waals surface area contributed by atoms with E-state index in [1.54, 1.807) is 6.92 Å². The van der Waals surface area contributed by atoms with Crippen LogP contribution in [0.2, 0.25) is 0 Å². The van der Waals surface area contributed by atoms with E-state index >= 15 is 0 Å². The summed E-state index contributed by atoms with van der Waals surface area (Å²) < 4.78 is 0. The van der Waals surface area contributed by atoms with E-state index in [4.69, 9.17) is 5.11 Å². The molecule has 0 rings (SSSR count). The van der Waals surface area contributed by atoms with Crippen LogP contribution in [0.15, 0.2) is 0 Å². The van der Waals surface area contributed by atoms with Crippen LogP contribution in [0.3, 0.4) is 0 Å². The zero-order chi connectivity index (χ0) is 11.9. The lowest BCUT2D eigenvalue weighted by Crippen LogP contribution is -2.49. The normalized spacial score (nSPS) is 13.0. The molecule has 0 aromatic carbocycles. The number of hydrogen-bond acceptors (Lipinski definition) is 3. The Labute approximate surface area is 87.7 Å². The molecule has 0 radical (unpaired) electrons. The predicted octanol–water partition coefficient (Wildman–Crippen LogP) is -0.855. The summed E-state index contributed by atoms with van der Waals surface area (Å²) >= 11 is 0. The third-order valence-corrected chi connectivity index (χ3v) is 1.57. The minimum atomic E-state index is -1.96. The van der Waals surface area contributed by atoms with Crippen molar-refractivity contribution in [2.45, 2.75) is 19.4 Å². The first-order chi connectivity index (χ1) is 6.90. The molecular weight excluding hydrogens is 200 g/mol. The molecule has 6 nitrogen and oxygen atoms in total. The van der Waals surface area contributed by atoms with Gasteiger partial charge in [0.1, 0.15) is 0 Å². The van der Waals surface area contributed by atoms with Gasteiger partial charge in [-0.25, -0.2) is 9.59 Å². The molecule has 6 heteroatoms. The van der Waals surface area contributed by atoms with E-state index in [1.807, 2.05) is 0 Å². The van der Waals surface area contributed by atoms with Crippen molar-refractivity contribution >= 4 is 12.0 Å². The minimum absolute atomic E-state index is 0.178. The molecule has 1 atom stereocenters. The Balaban J connectivity index is 3.88. The molecular formula is C9H14N2O4. The van der Waals surface area contributed by atoms with Gasteiger partial charge in [-0.1, -0.05) is 5.92 Å². The maximum absolute atomic E-state index is 11.0. The topological polar surface area (TPSA) is 98.7 Å². The van der Waals surface area contributed by atoms with E-state index in [0.29, 0.717) is 0 Å². The number of carbonyl (C=O) groups excluding carboxylic acids is 1. The van der Waals surface area contributed by atoms with E-state index in [9.17, 15) is 14.7 Å². The molecule has 0 aromatic heterocycles. The quantitative estimate of drug-likeness (QED) is 0.458. The van der Waals surface area contributed by atoms with Crippen molar-refractivity contribution in [1.82, 2.24) is 10.6 Å². The number of rotatable bonds is 4. The van der Waals surface area contributed by atoms with E-state index in [0.717, 1.165) is 6.92 Å². The van der Waals surface area contributed by atoms with E-state index < -0.39 is 17.6 Å². The maximum Gasteiger partial charge on any atom is 0.337 e.